The van der Waals surface area contributed by atoms with Crippen LogP contribution in [0.15, 0.2) is 34.7 Å². The van der Waals surface area contributed by atoms with Crippen molar-refractivity contribution in [2.45, 2.75) is 38.8 Å². The molecule has 4 amide bonds. The fraction of sp³-hybridized carbons (Fsp3) is 0.389. The molecule has 0 saturated carbocycles. The Kier molecular flexibility index (Phi) is 4.24. The van der Waals surface area contributed by atoms with Crippen molar-refractivity contribution in [3.8, 4) is 0 Å². The summed E-state index contributed by atoms with van der Waals surface area (Å²) in [5.41, 5.74) is -0.157. The van der Waals surface area contributed by atoms with Gasteiger partial charge in [-0.15, -0.1) is 0 Å². The second-order valence-corrected chi connectivity index (χ2v) is 6.74. The standard InChI is InChI=1S/C18H21N3O4/c1-11(14-10-12-6-4-5-7-13(12)25-14)19-15(22)8-9-21-16(23)18(2,3)20-17(21)24/h4-7,10-11H,8-9H2,1-3H3,(H,19,22)(H,20,24)/t11-/m1/s1. The second-order valence-electron chi connectivity index (χ2n) is 6.74. The Hall–Kier alpha value is -2.83. The smallest absolute Gasteiger partial charge is 0.325 e. The first-order chi connectivity index (χ1) is 11.8. The van der Waals surface area contributed by atoms with Crippen LogP contribution in [-0.2, 0) is 9.59 Å². The van der Waals surface area contributed by atoms with Gasteiger partial charge in [0.15, 0.2) is 0 Å². The van der Waals surface area contributed by atoms with E-state index in [1.54, 1.807) is 13.8 Å². The number of amides is 4. The Balaban J connectivity index is 1.57. The number of fused-ring (bicyclic) bond motifs is 1. The lowest BCUT2D eigenvalue weighted by Gasteiger charge is -2.16. The third-order valence-electron chi connectivity index (χ3n) is 4.26. The van der Waals surface area contributed by atoms with Crippen LogP contribution in [0.5, 0.6) is 0 Å². The molecule has 1 aliphatic rings. The predicted molar refractivity (Wildman–Crippen MR) is 91.7 cm³/mol. The average molecular weight is 343 g/mol. The van der Waals surface area contributed by atoms with E-state index in [0.717, 1.165) is 15.9 Å². The van der Waals surface area contributed by atoms with Crippen LogP contribution in [0, 0.1) is 0 Å². The molecule has 1 atom stereocenters. The van der Waals surface area contributed by atoms with Crippen LogP contribution in [-0.4, -0.2) is 34.8 Å². The molecule has 1 aromatic carbocycles. The minimum atomic E-state index is -0.922. The van der Waals surface area contributed by atoms with Crippen LogP contribution in [0.2, 0.25) is 0 Å². The maximum Gasteiger partial charge on any atom is 0.325 e. The van der Waals surface area contributed by atoms with Crippen molar-refractivity contribution in [2.75, 3.05) is 6.54 Å². The number of para-hydroxylation sites is 1. The van der Waals surface area contributed by atoms with Crippen LogP contribution in [0.4, 0.5) is 4.79 Å². The van der Waals surface area contributed by atoms with Gasteiger partial charge >= 0.3 is 6.03 Å². The number of urea groups is 1. The van der Waals surface area contributed by atoms with E-state index in [9.17, 15) is 14.4 Å². The fourth-order valence-electron chi connectivity index (χ4n) is 2.83. The zero-order valence-corrected chi connectivity index (χ0v) is 14.5. The molecule has 0 aliphatic carbocycles. The van der Waals surface area contributed by atoms with Crippen LogP contribution >= 0.6 is 0 Å². The molecule has 1 fully saturated rings. The summed E-state index contributed by atoms with van der Waals surface area (Å²) in [4.78, 5) is 37.1. The molecule has 0 spiro atoms. The van der Waals surface area contributed by atoms with Crippen molar-refractivity contribution >= 4 is 28.8 Å². The number of carbonyl (C=O) groups excluding carboxylic acids is 3. The predicted octanol–water partition coefficient (Wildman–Crippen LogP) is 2.33. The molecule has 1 saturated heterocycles. The van der Waals surface area contributed by atoms with Gasteiger partial charge in [0.25, 0.3) is 5.91 Å². The minimum Gasteiger partial charge on any atom is -0.459 e. The first kappa shape index (κ1) is 17.0. The van der Waals surface area contributed by atoms with Crippen LogP contribution in [0.3, 0.4) is 0 Å². The van der Waals surface area contributed by atoms with Gasteiger partial charge in [-0.3, -0.25) is 14.5 Å². The molecular weight excluding hydrogens is 322 g/mol. The summed E-state index contributed by atoms with van der Waals surface area (Å²) in [7, 11) is 0. The molecular formula is C18H21N3O4. The summed E-state index contributed by atoms with van der Waals surface area (Å²) in [5, 5.41) is 6.39. The van der Waals surface area contributed by atoms with E-state index in [2.05, 4.69) is 10.6 Å². The molecule has 25 heavy (non-hydrogen) atoms. The number of hydrogen-bond acceptors (Lipinski definition) is 4. The van der Waals surface area contributed by atoms with E-state index >= 15 is 0 Å². The highest BCUT2D eigenvalue weighted by atomic mass is 16.3. The normalized spacial score (nSPS) is 17.6. The second kappa shape index (κ2) is 6.23. The van der Waals surface area contributed by atoms with Crippen molar-refractivity contribution in [3.63, 3.8) is 0 Å². The summed E-state index contributed by atoms with van der Waals surface area (Å²) >= 11 is 0. The van der Waals surface area contributed by atoms with Crippen molar-refractivity contribution < 1.29 is 18.8 Å². The lowest BCUT2D eigenvalue weighted by molar-refractivity contribution is -0.130. The first-order valence-corrected chi connectivity index (χ1v) is 8.20. The van der Waals surface area contributed by atoms with Gasteiger partial charge in [-0.25, -0.2) is 4.79 Å². The number of carbonyl (C=O) groups is 3. The van der Waals surface area contributed by atoms with Gasteiger partial charge in [0.2, 0.25) is 5.91 Å². The fourth-order valence-corrected chi connectivity index (χ4v) is 2.83. The van der Waals surface area contributed by atoms with E-state index in [4.69, 9.17) is 4.42 Å². The summed E-state index contributed by atoms with van der Waals surface area (Å²) < 4.78 is 5.73. The van der Waals surface area contributed by atoms with Gasteiger partial charge in [-0.1, -0.05) is 18.2 Å². The number of nitrogens with one attached hydrogen (secondary N) is 2. The highest BCUT2D eigenvalue weighted by Gasteiger charge is 2.44. The van der Waals surface area contributed by atoms with E-state index in [1.807, 2.05) is 37.3 Å². The number of rotatable bonds is 5. The summed E-state index contributed by atoms with van der Waals surface area (Å²) in [6.07, 6.45) is 0.0415. The first-order valence-electron chi connectivity index (χ1n) is 8.20. The Bertz CT molecular complexity index is 807. The Morgan fingerprint density at radius 3 is 2.68 bits per heavy atom. The lowest BCUT2D eigenvalue weighted by Crippen LogP contribution is -2.40. The van der Waals surface area contributed by atoms with Gasteiger partial charge < -0.3 is 15.1 Å². The van der Waals surface area contributed by atoms with Crippen LogP contribution < -0.4 is 10.6 Å². The van der Waals surface area contributed by atoms with E-state index in [-0.39, 0.29) is 30.8 Å². The van der Waals surface area contributed by atoms with Gasteiger partial charge in [-0.2, -0.15) is 0 Å². The zero-order valence-electron chi connectivity index (χ0n) is 14.5. The van der Waals surface area contributed by atoms with Crippen molar-refractivity contribution in [1.29, 1.82) is 0 Å². The van der Waals surface area contributed by atoms with Gasteiger partial charge in [0, 0.05) is 18.4 Å². The van der Waals surface area contributed by atoms with Gasteiger partial charge in [0.1, 0.15) is 16.9 Å². The summed E-state index contributed by atoms with van der Waals surface area (Å²) in [6.45, 7) is 5.15. The Labute approximate surface area is 145 Å². The number of nitrogens with zero attached hydrogens (tertiary/aromatic N) is 1. The molecule has 1 aliphatic heterocycles. The largest absolute Gasteiger partial charge is 0.459 e. The van der Waals surface area contributed by atoms with Crippen molar-refractivity contribution in [1.82, 2.24) is 15.5 Å². The molecule has 3 rings (SSSR count). The van der Waals surface area contributed by atoms with E-state index in [1.165, 1.54) is 0 Å². The van der Waals surface area contributed by atoms with Crippen molar-refractivity contribution in [2.24, 2.45) is 0 Å². The SMILES string of the molecule is C[C@@H](NC(=O)CCN1C(=O)NC(C)(C)C1=O)c1cc2ccccc2o1. The maximum absolute atomic E-state index is 12.2. The summed E-state index contributed by atoms with van der Waals surface area (Å²) in [6, 6.07) is 8.74. The third-order valence-corrected chi connectivity index (χ3v) is 4.26. The monoisotopic (exact) mass is 343 g/mol. The molecule has 0 radical (unpaired) electrons. The Morgan fingerprint density at radius 1 is 1.32 bits per heavy atom. The third kappa shape index (κ3) is 3.35. The van der Waals surface area contributed by atoms with Gasteiger partial charge in [0.05, 0.1) is 6.04 Å². The highest BCUT2D eigenvalue weighted by Crippen LogP contribution is 2.23. The number of imide groups is 1. The van der Waals surface area contributed by atoms with Crippen molar-refractivity contribution in [3.05, 3.63) is 36.1 Å². The topological polar surface area (TPSA) is 91.7 Å². The molecule has 7 heteroatoms. The Morgan fingerprint density at radius 2 is 2.04 bits per heavy atom. The molecule has 2 heterocycles. The number of benzene rings is 1. The highest BCUT2D eigenvalue weighted by molar-refractivity contribution is 6.06. The molecule has 0 bridgehead atoms. The molecule has 0 unspecified atom stereocenters. The minimum absolute atomic E-state index is 0.0415. The maximum atomic E-state index is 12.2. The van der Waals surface area contributed by atoms with E-state index in [0.29, 0.717) is 5.76 Å². The summed E-state index contributed by atoms with van der Waals surface area (Å²) in [5.74, 6) is 0.0829. The van der Waals surface area contributed by atoms with Gasteiger partial charge in [-0.05, 0) is 32.9 Å². The molecule has 132 valence electrons. The molecule has 7 nitrogen and oxygen atoms in total. The molecule has 2 N–H and O–H groups in total. The zero-order chi connectivity index (χ0) is 18.2. The van der Waals surface area contributed by atoms with Crippen LogP contribution in [0.25, 0.3) is 11.0 Å². The molecule has 1 aromatic heterocycles. The average Bonchev–Trinajstić information content (AvgIpc) is 3.05. The van der Waals surface area contributed by atoms with E-state index < -0.39 is 11.6 Å². The quantitative estimate of drug-likeness (QED) is 0.815. The number of furan rings is 1. The molecule has 2 aromatic rings. The van der Waals surface area contributed by atoms with Crippen LogP contribution in [0.1, 0.15) is 39.0 Å². The number of hydrogen-bond donors (Lipinski definition) is 2. The lowest BCUT2D eigenvalue weighted by atomic mass is 10.1.